The zero-order valence-corrected chi connectivity index (χ0v) is 13.6. The minimum Gasteiger partial charge on any atom is -0.399 e. The van der Waals surface area contributed by atoms with Crippen LogP contribution >= 0.6 is 31.9 Å². The summed E-state index contributed by atoms with van der Waals surface area (Å²) >= 11 is 6.79. The van der Waals surface area contributed by atoms with Crippen molar-refractivity contribution in [2.24, 2.45) is 0 Å². The van der Waals surface area contributed by atoms with Gasteiger partial charge in [-0.25, -0.2) is 0 Å². The van der Waals surface area contributed by atoms with Crippen molar-refractivity contribution in [3.63, 3.8) is 0 Å². The number of carbonyl (C=O) groups is 1. The van der Waals surface area contributed by atoms with Gasteiger partial charge in [0.05, 0.1) is 18.2 Å². The Morgan fingerprint density at radius 3 is 2.63 bits per heavy atom. The van der Waals surface area contributed by atoms with Crippen LogP contribution in [0.3, 0.4) is 0 Å². The highest BCUT2D eigenvalue weighted by molar-refractivity contribution is 9.11. The van der Waals surface area contributed by atoms with Crippen molar-refractivity contribution >= 4 is 49.1 Å². The van der Waals surface area contributed by atoms with Gasteiger partial charge in [0.25, 0.3) is 0 Å². The number of carbonyl (C=O) groups excluding carboxylic acids is 1. The maximum Gasteiger partial charge on any atom is 0.227 e. The van der Waals surface area contributed by atoms with Crippen LogP contribution in [0.5, 0.6) is 0 Å². The summed E-state index contributed by atoms with van der Waals surface area (Å²) in [7, 11) is 0. The van der Waals surface area contributed by atoms with Crippen molar-refractivity contribution in [2.45, 2.75) is 31.8 Å². The van der Waals surface area contributed by atoms with Crippen molar-refractivity contribution in [1.29, 1.82) is 0 Å². The summed E-state index contributed by atoms with van der Waals surface area (Å²) < 4.78 is 7.08. The molecule has 1 aromatic carbocycles. The van der Waals surface area contributed by atoms with Crippen LogP contribution in [0.4, 0.5) is 11.4 Å². The average molecular weight is 392 g/mol. The molecule has 1 aromatic rings. The quantitative estimate of drug-likeness (QED) is 0.772. The highest BCUT2D eigenvalue weighted by Gasteiger charge is 2.19. The first-order valence-electron chi connectivity index (χ1n) is 6.22. The Balaban J connectivity index is 1.98. The molecule has 0 aliphatic carbocycles. The van der Waals surface area contributed by atoms with E-state index in [4.69, 9.17) is 10.5 Å². The number of anilines is 2. The zero-order chi connectivity index (χ0) is 13.8. The van der Waals surface area contributed by atoms with Crippen LogP contribution in [0, 0.1) is 0 Å². The standard InChI is InChI=1S/C13H16Br2N2O2/c14-10-5-8(16)6-11(15)13(10)17-12(18)7-9-3-1-2-4-19-9/h5-6,9H,1-4,7,16H2,(H,17,18). The van der Waals surface area contributed by atoms with Gasteiger partial charge in [-0.2, -0.15) is 0 Å². The number of hydrogen-bond acceptors (Lipinski definition) is 3. The number of nitrogens with one attached hydrogen (secondary N) is 1. The van der Waals surface area contributed by atoms with E-state index in [1.807, 2.05) is 0 Å². The Morgan fingerprint density at radius 1 is 1.37 bits per heavy atom. The minimum atomic E-state index is -0.0435. The molecule has 1 aliphatic heterocycles. The first-order chi connectivity index (χ1) is 9.06. The number of rotatable bonds is 3. The van der Waals surface area contributed by atoms with Crippen molar-refractivity contribution in [3.05, 3.63) is 21.1 Å². The summed E-state index contributed by atoms with van der Waals surface area (Å²) in [5.74, 6) is -0.0435. The number of benzene rings is 1. The summed E-state index contributed by atoms with van der Waals surface area (Å²) in [4.78, 5) is 12.0. The highest BCUT2D eigenvalue weighted by Crippen LogP contribution is 2.33. The summed E-state index contributed by atoms with van der Waals surface area (Å²) in [6, 6.07) is 3.52. The molecule has 0 radical (unpaired) electrons. The van der Waals surface area contributed by atoms with E-state index in [-0.39, 0.29) is 12.0 Å². The fourth-order valence-electron chi connectivity index (χ4n) is 2.08. The van der Waals surface area contributed by atoms with Crippen LogP contribution < -0.4 is 11.1 Å². The number of hydrogen-bond donors (Lipinski definition) is 2. The second kappa shape index (κ2) is 6.72. The van der Waals surface area contributed by atoms with Crippen LogP contribution in [0.1, 0.15) is 25.7 Å². The molecular formula is C13H16Br2N2O2. The SMILES string of the molecule is Nc1cc(Br)c(NC(=O)CC2CCCCO2)c(Br)c1. The number of ether oxygens (including phenoxy) is 1. The molecule has 1 atom stereocenters. The van der Waals surface area contributed by atoms with Gasteiger partial charge in [-0.1, -0.05) is 0 Å². The molecule has 4 nitrogen and oxygen atoms in total. The van der Waals surface area contributed by atoms with E-state index in [1.54, 1.807) is 12.1 Å². The molecule has 19 heavy (non-hydrogen) atoms. The Bertz CT molecular complexity index is 451. The second-order valence-corrected chi connectivity index (χ2v) is 6.31. The first-order valence-corrected chi connectivity index (χ1v) is 7.81. The lowest BCUT2D eigenvalue weighted by molar-refractivity contribution is -0.119. The minimum absolute atomic E-state index is 0.0417. The summed E-state index contributed by atoms with van der Waals surface area (Å²) in [6.45, 7) is 0.757. The van der Waals surface area contributed by atoms with Crippen LogP contribution in [0.2, 0.25) is 0 Å². The summed E-state index contributed by atoms with van der Waals surface area (Å²) in [5, 5.41) is 2.88. The van der Waals surface area contributed by atoms with Gasteiger partial charge in [0.1, 0.15) is 0 Å². The van der Waals surface area contributed by atoms with Crippen molar-refractivity contribution in [3.8, 4) is 0 Å². The Labute approximate surface area is 129 Å². The van der Waals surface area contributed by atoms with Crippen LogP contribution in [-0.4, -0.2) is 18.6 Å². The predicted octanol–water partition coefficient (Wildman–Crippen LogP) is 3.69. The Morgan fingerprint density at radius 2 is 2.05 bits per heavy atom. The molecule has 0 spiro atoms. The molecule has 0 aromatic heterocycles. The molecule has 1 fully saturated rings. The molecule has 2 rings (SSSR count). The number of nitrogen functional groups attached to an aromatic ring is 1. The lowest BCUT2D eigenvalue weighted by Gasteiger charge is -2.22. The molecule has 1 unspecified atom stereocenters. The molecule has 6 heteroatoms. The van der Waals surface area contributed by atoms with Gasteiger partial charge in [-0.05, 0) is 63.3 Å². The molecule has 0 saturated carbocycles. The van der Waals surface area contributed by atoms with Crippen LogP contribution in [-0.2, 0) is 9.53 Å². The highest BCUT2D eigenvalue weighted by atomic mass is 79.9. The van der Waals surface area contributed by atoms with E-state index in [0.29, 0.717) is 17.8 Å². The molecular weight excluding hydrogens is 376 g/mol. The fraction of sp³-hybridized carbons (Fsp3) is 0.462. The average Bonchev–Trinajstić information content (AvgIpc) is 2.35. The van der Waals surface area contributed by atoms with E-state index < -0.39 is 0 Å². The Kier molecular flexibility index (Phi) is 5.24. The van der Waals surface area contributed by atoms with Gasteiger partial charge >= 0.3 is 0 Å². The van der Waals surface area contributed by atoms with Crippen LogP contribution in [0.25, 0.3) is 0 Å². The van der Waals surface area contributed by atoms with Crippen molar-refractivity contribution in [2.75, 3.05) is 17.7 Å². The van der Waals surface area contributed by atoms with Gasteiger partial charge in [0.2, 0.25) is 5.91 Å². The molecule has 104 valence electrons. The normalized spacial score (nSPS) is 19.2. The lowest BCUT2D eigenvalue weighted by atomic mass is 10.1. The monoisotopic (exact) mass is 390 g/mol. The van der Waals surface area contributed by atoms with Crippen molar-refractivity contribution in [1.82, 2.24) is 0 Å². The third-order valence-corrected chi connectivity index (χ3v) is 4.27. The van der Waals surface area contributed by atoms with E-state index in [2.05, 4.69) is 37.2 Å². The molecule has 1 heterocycles. The van der Waals surface area contributed by atoms with Gasteiger partial charge in [0, 0.05) is 21.2 Å². The number of amides is 1. The van der Waals surface area contributed by atoms with Gasteiger partial charge in [0.15, 0.2) is 0 Å². The third-order valence-electron chi connectivity index (χ3n) is 3.02. The summed E-state index contributed by atoms with van der Waals surface area (Å²) in [6.07, 6.45) is 3.61. The maximum absolute atomic E-state index is 12.0. The number of halogens is 2. The van der Waals surface area contributed by atoms with Crippen LogP contribution in [0.15, 0.2) is 21.1 Å². The van der Waals surface area contributed by atoms with Gasteiger partial charge in [-0.15, -0.1) is 0 Å². The van der Waals surface area contributed by atoms with E-state index in [1.165, 1.54) is 0 Å². The third kappa shape index (κ3) is 4.19. The topological polar surface area (TPSA) is 64.3 Å². The largest absolute Gasteiger partial charge is 0.399 e. The van der Waals surface area contributed by atoms with Gasteiger partial charge < -0.3 is 15.8 Å². The molecule has 1 amide bonds. The molecule has 0 bridgehead atoms. The van der Waals surface area contributed by atoms with Crippen molar-refractivity contribution < 1.29 is 9.53 Å². The maximum atomic E-state index is 12.0. The molecule has 3 N–H and O–H groups in total. The number of nitrogens with two attached hydrogens (primary N) is 1. The second-order valence-electron chi connectivity index (χ2n) is 4.60. The predicted molar refractivity (Wildman–Crippen MR) is 83.1 cm³/mol. The van der Waals surface area contributed by atoms with E-state index in [9.17, 15) is 4.79 Å². The molecule has 1 saturated heterocycles. The fourth-order valence-corrected chi connectivity index (χ4v) is 3.50. The Hall–Kier alpha value is -0.590. The van der Waals surface area contributed by atoms with E-state index in [0.717, 1.165) is 34.8 Å². The van der Waals surface area contributed by atoms with E-state index >= 15 is 0 Å². The first kappa shape index (κ1) is 14.8. The molecule has 1 aliphatic rings. The lowest BCUT2D eigenvalue weighted by Crippen LogP contribution is -2.25. The van der Waals surface area contributed by atoms with Gasteiger partial charge in [-0.3, -0.25) is 4.79 Å². The smallest absolute Gasteiger partial charge is 0.227 e. The zero-order valence-electron chi connectivity index (χ0n) is 10.4. The summed E-state index contributed by atoms with van der Waals surface area (Å²) in [5.41, 5.74) is 7.05.